The quantitative estimate of drug-likeness (QED) is 0.752. The van der Waals surface area contributed by atoms with Crippen molar-refractivity contribution in [1.29, 1.82) is 0 Å². The van der Waals surface area contributed by atoms with E-state index in [2.05, 4.69) is 5.32 Å². The maximum atomic E-state index is 13.0. The Balaban J connectivity index is 0.00000240. The van der Waals surface area contributed by atoms with Gasteiger partial charge in [-0.2, -0.15) is 0 Å². The Morgan fingerprint density at radius 1 is 1.03 bits per heavy atom. The number of aryl methyl sites for hydroxylation is 1. The fraction of sp³-hybridized carbons (Fsp3) is 0.391. The second-order valence-electron chi connectivity index (χ2n) is 7.87. The number of piperidine rings is 1. The summed E-state index contributed by atoms with van der Waals surface area (Å²) in [6.07, 6.45) is 4.68. The lowest BCUT2D eigenvalue weighted by molar-refractivity contribution is -0.127. The van der Waals surface area contributed by atoms with Crippen molar-refractivity contribution >= 4 is 29.9 Å². The summed E-state index contributed by atoms with van der Waals surface area (Å²) >= 11 is 0. The summed E-state index contributed by atoms with van der Waals surface area (Å²) in [6, 6.07) is 15.3. The molecule has 0 aromatic heterocycles. The van der Waals surface area contributed by atoms with Gasteiger partial charge in [0, 0.05) is 24.3 Å². The molecule has 154 valence electrons. The van der Waals surface area contributed by atoms with E-state index in [9.17, 15) is 9.59 Å². The SMILES string of the molecule is Cl.Nc1ccc2c(c1)CCCC2NC(=O)C1CCCN(C(=O)c2ccccc2)C1. The van der Waals surface area contributed by atoms with Gasteiger partial charge in [0.05, 0.1) is 12.0 Å². The predicted molar refractivity (Wildman–Crippen MR) is 117 cm³/mol. The number of likely N-dealkylation sites (tertiary alicyclic amines) is 1. The number of nitrogens with two attached hydrogens (primary N) is 1. The van der Waals surface area contributed by atoms with Crippen LogP contribution in [0.3, 0.4) is 0 Å². The lowest BCUT2D eigenvalue weighted by atomic mass is 9.86. The first-order chi connectivity index (χ1) is 13.6. The number of rotatable bonds is 3. The summed E-state index contributed by atoms with van der Waals surface area (Å²) in [4.78, 5) is 27.5. The Kier molecular flexibility index (Phi) is 6.80. The van der Waals surface area contributed by atoms with Gasteiger partial charge >= 0.3 is 0 Å². The van der Waals surface area contributed by atoms with Crippen LogP contribution in [-0.2, 0) is 11.2 Å². The van der Waals surface area contributed by atoms with Gasteiger partial charge < -0.3 is 16.0 Å². The van der Waals surface area contributed by atoms with Crippen LogP contribution in [-0.4, -0.2) is 29.8 Å². The van der Waals surface area contributed by atoms with Crippen molar-refractivity contribution in [2.45, 2.75) is 38.1 Å². The normalized spacial score (nSPS) is 20.9. The molecule has 2 amide bonds. The lowest BCUT2D eigenvalue weighted by Crippen LogP contribution is -2.46. The molecule has 2 aromatic rings. The molecule has 3 N–H and O–H groups in total. The van der Waals surface area contributed by atoms with E-state index in [1.54, 1.807) is 0 Å². The van der Waals surface area contributed by atoms with E-state index in [0.717, 1.165) is 37.8 Å². The van der Waals surface area contributed by atoms with E-state index < -0.39 is 0 Å². The van der Waals surface area contributed by atoms with Crippen LogP contribution in [0.2, 0.25) is 0 Å². The smallest absolute Gasteiger partial charge is 0.253 e. The minimum absolute atomic E-state index is 0. The third-order valence-corrected chi connectivity index (χ3v) is 5.90. The second kappa shape index (κ2) is 9.31. The maximum absolute atomic E-state index is 13.0. The van der Waals surface area contributed by atoms with Gasteiger partial charge in [-0.15, -0.1) is 12.4 Å². The maximum Gasteiger partial charge on any atom is 0.253 e. The number of carbonyl (C=O) groups is 2. The molecule has 5 nitrogen and oxygen atoms in total. The molecule has 1 fully saturated rings. The largest absolute Gasteiger partial charge is 0.399 e. The van der Waals surface area contributed by atoms with Gasteiger partial charge in [-0.05, 0) is 67.5 Å². The highest BCUT2D eigenvalue weighted by molar-refractivity contribution is 5.94. The van der Waals surface area contributed by atoms with Crippen molar-refractivity contribution < 1.29 is 9.59 Å². The molecule has 29 heavy (non-hydrogen) atoms. The van der Waals surface area contributed by atoms with Crippen LogP contribution in [0.15, 0.2) is 48.5 Å². The molecule has 1 aliphatic carbocycles. The second-order valence-corrected chi connectivity index (χ2v) is 7.87. The van der Waals surface area contributed by atoms with E-state index in [4.69, 9.17) is 5.73 Å². The molecule has 2 aliphatic rings. The summed E-state index contributed by atoms with van der Waals surface area (Å²) in [5.41, 5.74) is 9.79. The summed E-state index contributed by atoms with van der Waals surface area (Å²) in [5.74, 6) is -0.0857. The van der Waals surface area contributed by atoms with E-state index in [-0.39, 0.29) is 36.2 Å². The highest BCUT2D eigenvalue weighted by atomic mass is 35.5. The van der Waals surface area contributed by atoms with Gasteiger partial charge in [-0.3, -0.25) is 9.59 Å². The molecule has 1 aliphatic heterocycles. The first kappa shape index (κ1) is 21.2. The first-order valence-electron chi connectivity index (χ1n) is 10.1. The Morgan fingerprint density at radius 3 is 2.62 bits per heavy atom. The fourth-order valence-electron chi connectivity index (χ4n) is 4.41. The Labute approximate surface area is 178 Å². The Bertz CT molecular complexity index is 872. The minimum atomic E-state index is -0.152. The molecule has 1 heterocycles. The van der Waals surface area contributed by atoms with Crippen LogP contribution in [0.4, 0.5) is 5.69 Å². The van der Waals surface area contributed by atoms with Crippen molar-refractivity contribution in [3.8, 4) is 0 Å². The number of fused-ring (bicyclic) bond motifs is 1. The number of benzene rings is 2. The molecule has 1 saturated heterocycles. The van der Waals surface area contributed by atoms with Gasteiger partial charge in [-0.1, -0.05) is 24.3 Å². The van der Waals surface area contributed by atoms with Crippen LogP contribution < -0.4 is 11.1 Å². The standard InChI is InChI=1S/C23H27N3O2.ClH/c24-19-11-12-20-17(14-19)8-4-10-21(20)25-22(27)18-9-5-13-26(15-18)23(28)16-6-2-1-3-7-16;/h1-3,6-7,11-12,14,18,21H,4-5,8-10,13,15,24H2,(H,25,27);1H. The number of amides is 2. The summed E-state index contributed by atoms with van der Waals surface area (Å²) in [6.45, 7) is 1.20. The average molecular weight is 414 g/mol. The highest BCUT2D eigenvalue weighted by Gasteiger charge is 2.31. The highest BCUT2D eigenvalue weighted by Crippen LogP contribution is 2.31. The van der Waals surface area contributed by atoms with Crippen molar-refractivity contribution in [2.24, 2.45) is 5.92 Å². The van der Waals surface area contributed by atoms with E-state index in [0.29, 0.717) is 18.7 Å². The van der Waals surface area contributed by atoms with Gasteiger partial charge in [0.2, 0.25) is 5.91 Å². The van der Waals surface area contributed by atoms with Crippen molar-refractivity contribution in [3.63, 3.8) is 0 Å². The average Bonchev–Trinajstić information content (AvgIpc) is 2.74. The first-order valence-corrected chi connectivity index (χ1v) is 10.1. The molecule has 4 rings (SSSR count). The lowest BCUT2D eigenvalue weighted by Gasteiger charge is -2.34. The number of hydrogen-bond donors (Lipinski definition) is 2. The predicted octanol–water partition coefficient (Wildman–Crippen LogP) is 3.74. The van der Waals surface area contributed by atoms with Crippen LogP contribution >= 0.6 is 12.4 Å². The molecule has 0 spiro atoms. The third-order valence-electron chi connectivity index (χ3n) is 5.90. The molecule has 0 bridgehead atoms. The van der Waals surface area contributed by atoms with Gasteiger partial charge in [0.15, 0.2) is 0 Å². The van der Waals surface area contributed by atoms with Gasteiger partial charge in [0.25, 0.3) is 5.91 Å². The Hall–Kier alpha value is -2.53. The summed E-state index contributed by atoms with van der Waals surface area (Å²) < 4.78 is 0. The monoisotopic (exact) mass is 413 g/mol. The molecular weight excluding hydrogens is 386 g/mol. The molecule has 0 radical (unpaired) electrons. The molecule has 2 aromatic carbocycles. The van der Waals surface area contributed by atoms with Gasteiger partial charge in [-0.25, -0.2) is 0 Å². The van der Waals surface area contributed by atoms with Crippen molar-refractivity contribution in [2.75, 3.05) is 18.8 Å². The number of nitrogens with zero attached hydrogens (tertiary/aromatic N) is 1. The van der Waals surface area contributed by atoms with Gasteiger partial charge in [0.1, 0.15) is 0 Å². The minimum Gasteiger partial charge on any atom is -0.399 e. The van der Waals surface area contributed by atoms with Crippen LogP contribution in [0.25, 0.3) is 0 Å². The number of nitrogen functional groups attached to an aromatic ring is 1. The van der Waals surface area contributed by atoms with Crippen LogP contribution in [0, 0.1) is 5.92 Å². The third kappa shape index (κ3) is 4.73. The molecule has 6 heteroatoms. The summed E-state index contributed by atoms with van der Waals surface area (Å²) in [7, 11) is 0. The number of anilines is 1. The topological polar surface area (TPSA) is 75.4 Å². The van der Waals surface area contributed by atoms with E-state index >= 15 is 0 Å². The molecule has 2 unspecified atom stereocenters. The van der Waals surface area contributed by atoms with E-state index in [1.165, 1.54) is 11.1 Å². The summed E-state index contributed by atoms with van der Waals surface area (Å²) in [5, 5.41) is 3.25. The van der Waals surface area contributed by atoms with E-state index in [1.807, 2.05) is 53.4 Å². The van der Waals surface area contributed by atoms with Crippen molar-refractivity contribution in [3.05, 3.63) is 65.2 Å². The Morgan fingerprint density at radius 2 is 1.83 bits per heavy atom. The number of nitrogens with one attached hydrogen (secondary N) is 1. The number of halogens is 1. The zero-order chi connectivity index (χ0) is 19.5. The van der Waals surface area contributed by atoms with Crippen LogP contribution in [0.5, 0.6) is 0 Å². The fourth-order valence-corrected chi connectivity index (χ4v) is 4.41. The number of hydrogen-bond acceptors (Lipinski definition) is 3. The molecule has 2 atom stereocenters. The molecule has 0 saturated carbocycles. The van der Waals surface area contributed by atoms with Crippen molar-refractivity contribution in [1.82, 2.24) is 10.2 Å². The molecular formula is C23H28ClN3O2. The zero-order valence-corrected chi connectivity index (χ0v) is 17.3. The van der Waals surface area contributed by atoms with Crippen LogP contribution in [0.1, 0.15) is 53.2 Å². The zero-order valence-electron chi connectivity index (χ0n) is 16.5. The number of carbonyl (C=O) groups excluding carboxylic acids is 2.